The first-order valence-electron chi connectivity index (χ1n) is 2.73. The van der Waals surface area contributed by atoms with Gasteiger partial charge in [0, 0.05) is 10.3 Å². The van der Waals surface area contributed by atoms with Crippen molar-refractivity contribution in [3.8, 4) is 0 Å². The maximum atomic E-state index is 8.66. The molecule has 0 radical (unpaired) electrons. The van der Waals surface area contributed by atoms with Crippen molar-refractivity contribution < 1.29 is 5.11 Å². The van der Waals surface area contributed by atoms with Crippen LogP contribution in [0.1, 0.15) is 6.42 Å². The van der Waals surface area contributed by atoms with Gasteiger partial charge in [0.25, 0.3) is 0 Å². The Morgan fingerprint density at radius 1 is 1.62 bits per heavy atom. The molecule has 1 N–H and O–H groups in total. The molecular formula is C5H10OS2. The third-order valence-corrected chi connectivity index (χ3v) is 3.77. The predicted molar refractivity (Wildman–Crippen MR) is 40.4 cm³/mol. The van der Waals surface area contributed by atoms with Gasteiger partial charge in [-0.15, -0.1) is 11.8 Å². The predicted octanol–water partition coefficient (Wildman–Crippen LogP) is 1.17. The van der Waals surface area contributed by atoms with E-state index >= 15 is 0 Å². The lowest BCUT2D eigenvalue weighted by Crippen LogP contribution is -2.13. The largest absolute Gasteiger partial charge is 0.395 e. The van der Waals surface area contributed by atoms with Crippen molar-refractivity contribution in [3.05, 3.63) is 0 Å². The average Bonchev–Trinajstić information content (AvgIpc) is 1.90. The quantitative estimate of drug-likeness (QED) is 0.606. The molecule has 1 unspecified atom stereocenters. The van der Waals surface area contributed by atoms with E-state index in [1.54, 1.807) is 0 Å². The van der Waals surface area contributed by atoms with Gasteiger partial charge in [0.05, 0.1) is 6.61 Å². The van der Waals surface area contributed by atoms with Gasteiger partial charge in [-0.25, -0.2) is 0 Å². The molecule has 1 aliphatic heterocycles. The van der Waals surface area contributed by atoms with Gasteiger partial charge in [0.1, 0.15) is 0 Å². The zero-order valence-electron chi connectivity index (χ0n) is 4.67. The van der Waals surface area contributed by atoms with E-state index in [0.717, 1.165) is 0 Å². The van der Waals surface area contributed by atoms with Crippen molar-refractivity contribution >= 4 is 23.5 Å². The van der Waals surface area contributed by atoms with Crippen LogP contribution in [-0.2, 0) is 0 Å². The van der Waals surface area contributed by atoms with Crippen molar-refractivity contribution in [2.24, 2.45) is 0 Å². The molecule has 0 saturated carbocycles. The molecule has 1 saturated heterocycles. The molecule has 1 aliphatic rings. The van der Waals surface area contributed by atoms with Crippen LogP contribution >= 0.6 is 23.5 Å². The highest BCUT2D eigenvalue weighted by atomic mass is 32.2. The Labute approximate surface area is 58.2 Å². The number of rotatable bonds is 1. The van der Waals surface area contributed by atoms with Gasteiger partial charge in [-0.1, -0.05) is 0 Å². The minimum absolute atomic E-state index is 0.366. The molecule has 0 aromatic heterocycles. The first kappa shape index (κ1) is 6.78. The SMILES string of the molecule is OCC1CCSCS1. The van der Waals surface area contributed by atoms with Gasteiger partial charge >= 0.3 is 0 Å². The summed E-state index contributed by atoms with van der Waals surface area (Å²) >= 11 is 3.84. The third-order valence-electron chi connectivity index (χ3n) is 1.17. The summed E-state index contributed by atoms with van der Waals surface area (Å²) in [6.07, 6.45) is 1.19. The number of aliphatic hydroxyl groups is 1. The normalized spacial score (nSPS) is 30.4. The summed E-state index contributed by atoms with van der Waals surface area (Å²) < 4.78 is 0. The molecular weight excluding hydrogens is 140 g/mol. The maximum absolute atomic E-state index is 8.66. The molecule has 3 heteroatoms. The molecule has 0 aromatic carbocycles. The number of aliphatic hydroxyl groups excluding tert-OH is 1. The first-order chi connectivity index (χ1) is 3.93. The molecule has 1 rings (SSSR count). The number of hydrogen-bond donors (Lipinski definition) is 1. The van der Waals surface area contributed by atoms with Gasteiger partial charge in [0.2, 0.25) is 0 Å². The minimum Gasteiger partial charge on any atom is -0.395 e. The zero-order valence-corrected chi connectivity index (χ0v) is 6.30. The molecule has 48 valence electrons. The van der Waals surface area contributed by atoms with E-state index in [1.165, 1.54) is 17.3 Å². The lowest BCUT2D eigenvalue weighted by Gasteiger charge is -2.17. The zero-order chi connectivity index (χ0) is 5.82. The highest BCUT2D eigenvalue weighted by Crippen LogP contribution is 2.27. The molecule has 0 aliphatic carbocycles. The summed E-state index contributed by atoms with van der Waals surface area (Å²) in [7, 11) is 0. The van der Waals surface area contributed by atoms with Gasteiger partial charge in [-0.05, 0) is 12.2 Å². The topological polar surface area (TPSA) is 20.2 Å². The van der Waals surface area contributed by atoms with Crippen LogP contribution in [0.4, 0.5) is 0 Å². The van der Waals surface area contributed by atoms with Gasteiger partial charge in [-0.3, -0.25) is 0 Å². The summed E-state index contributed by atoms with van der Waals surface area (Å²) in [5, 5.41) is 10.4. The van der Waals surface area contributed by atoms with E-state index in [0.29, 0.717) is 11.9 Å². The van der Waals surface area contributed by atoms with Crippen LogP contribution in [-0.4, -0.2) is 27.8 Å². The van der Waals surface area contributed by atoms with Crippen molar-refractivity contribution in [2.45, 2.75) is 11.7 Å². The highest BCUT2D eigenvalue weighted by Gasteiger charge is 2.11. The van der Waals surface area contributed by atoms with Crippen molar-refractivity contribution in [2.75, 3.05) is 17.4 Å². The second-order valence-corrected chi connectivity index (χ2v) is 4.55. The Morgan fingerprint density at radius 2 is 2.50 bits per heavy atom. The molecule has 8 heavy (non-hydrogen) atoms. The second-order valence-electron chi connectivity index (χ2n) is 1.79. The standard InChI is InChI=1S/C5H10OS2/c6-3-5-1-2-7-4-8-5/h5-6H,1-4H2. The molecule has 1 heterocycles. The van der Waals surface area contributed by atoms with Crippen molar-refractivity contribution in [3.63, 3.8) is 0 Å². The van der Waals surface area contributed by atoms with Gasteiger partial charge in [-0.2, -0.15) is 11.8 Å². The van der Waals surface area contributed by atoms with E-state index < -0.39 is 0 Å². The fourth-order valence-electron chi connectivity index (χ4n) is 0.645. The summed E-state index contributed by atoms with van der Waals surface area (Å²) in [6, 6.07) is 0. The first-order valence-corrected chi connectivity index (χ1v) is 4.94. The lowest BCUT2D eigenvalue weighted by molar-refractivity contribution is 0.293. The smallest absolute Gasteiger partial charge is 0.0550 e. The highest BCUT2D eigenvalue weighted by molar-refractivity contribution is 8.16. The van der Waals surface area contributed by atoms with Crippen LogP contribution in [0.2, 0.25) is 0 Å². The number of thioether (sulfide) groups is 2. The molecule has 1 nitrogen and oxygen atoms in total. The summed E-state index contributed by atoms with van der Waals surface area (Å²) in [4.78, 5) is 0. The van der Waals surface area contributed by atoms with Crippen molar-refractivity contribution in [1.29, 1.82) is 0 Å². The number of hydrogen-bond acceptors (Lipinski definition) is 3. The summed E-state index contributed by atoms with van der Waals surface area (Å²) in [6.45, 7) is 0.366. The third kappa shape index (κ3) is 1.88. The molecule has 0 amide bonds. The Hall–Kier alpha value is 0.660. The van der Waals surface area contributed by atoms with E-state index in [9.17, 15) is 0 Å². The Kier molecular flexibility index (Phi) is 3.08. The Balaban J connectivity index is 2.13. The molecule has 0 spiro atoms. The van der Waals surface area contributed by atoms with Crippen LogP contribution in [0.15, 0.2) is 0 Å². The molecule has 0 aromatic rings. The summed E-state index contributed by atoms with van der Waals surface area (Å²) in [5.74, 6) is 1.23. The monoisotopic (exact) mass is 150 g/mol. The van der Waals surface area contributed by atoms with Crippen LogP contribution in [0.25, 0.3) is 0 Å². The summed E-state index contributed by atoms with van der Waals surface area (Å²) in [5.41, 5.74) is 0. The van der Waals surface area contributed by atoms with E-state index in [1.807, 2.05) is 23.5 Å². The molecule has 0 bridgehead atoms. The average molecular weight is 150 g/mol. The van der Waals surface area contributed by atoms with E-state index in [4.69, 9.17) is 5.11 Å². The van der Waals surface area contributed by atoms with Crippen LogP contribution in [0, 0.1) is 0 Å². The Morgan fingerprint density at radius 3 is 2.88 bits per heavy atom. The van der Waals surface area contributed by atoms with Crippen LogP contribution in [0.5, 0.6) is 0 Å². The Bertz CT molecular complexity index is 61.4. The van der Waals surface area contributed by atoms with E-state index in [-0.39, 0.29) is 0 Å². The van der Waals surface area contributed by atoms with Crippen LogP contribution < -0.4 is 0 Å². The van der Waals surface area contributed by atoms with E-state index in [2.05, 4.69) is 0 Å². The lowest BCUT2D eigenvalue weighted by atomic mass is 10.3. The van der Waals surface area contributed by atoms with Crippen molar-refractivity contribution in [1.82, 2.24) is 0 Å². The molecule has 1 fully saturated rings. The fraction of sp³-hybridized carbons (Fsp3) is 1.00. The van der Waals surface area contributed by atoms with Gasteiger partial charge < -0.3 is 5.11 Å². The maximum Gasteiger partial charge on any atom is 0.0550 e. The second kappa shape index (κ2) is 3.64. The van der Waals surface area contributed by atoms with Crippen LogP contribution in [0.3, 0.4) is 0 Å². The molecule has 1 atom stereocenters. The van der Waals surface area contributed by atoms with Gasteiger partial charge in [0.15, 0.2) is 0 Å². The fourth-order valence-corrected chi connectivity index (χ4v) is 3.26. The minimum atomic E-state index is 0.366.